The van der Waals surface area contributed by atoms with Crippen molar-refractivity contribution < 1.29 is 23.0 Å². The van der Waals surface area contributed by atoms with Crippen molar-refractivity contribution in [2.45, 2.75) is 0 Å². The van der Waals surface area contributed by atoms with Gasteiger partial charge in [0.1, 0.15) is 18.1 Å². The monoisotopic (exact) mass is 307 g/mol. The van der Waals surface area contributed by atoms with Gasteiger partial charge in [0.25, 0.3) is 5.91 Å². The molecule has 0 bridgehead atoms. The van der Waals surface area contributed by atoms with E-state index in [9.17, 15) is 13.6 Å². The number of hydrogen-bond donors (Lipinski definition) is 1. The molecule has 0 aromatic heterocycles. The molecule has 0 spiro atoms. The zero-order valence-corrected chi connectivity index (χ0v) is 11.9. The summed E-state index contributed by atoms with van der Waals surface area (Å²) in [7, 11) is 1.55. The summed E-state index contributed by atoms with van der Waals surface area (Å²) in [4.78, 5) is 11.8. The molecule has 0 aliphatic rings. The number of amides is 1. The zero-order valence-electron chi connectivity index (χ0n) is 11.9. The van der Waals surface area contributed by atoms with Crippen molar-refractivity contribution >= 4 is 5.91 Å². The van der Waals surface area contributed by atoms with Crippen LogP contribution < -0.4 is 14.8 Å². The number of ether oxygens (including phenoxy) is 2. The highest BCUT2D eigenvalue weighted by Gasteiger charge is 2.06. The van der Waals surface area contributed by atoms with E-state index in [1.165, 1.54) is 6.07 Å². The van der Waals surface area contributed by atoms with Gasteiger partial charge in [-0.25, -0.2) is 8.78 Å². The van der Waals surface area contributed by atoms with Gasteiger partial charge in [-0.1, -0.05) is 0 Å². The largest absolute Gasteiger partial charge is 0.497 e. The predicted octanol–water partition coefficient (Wildman–Crippen LogP) is 2.78. The summed E-state index contributed by atoms with van der Waals surface area (Å²) in [6, 6.07) is 9.93. The van der Waals surface area contributed by atoms with Gasteiger partial charge < -0.3 is 14.8 Å². The summed E-state index contributed by atoms with van der Waals surface area (Å²) in [5.74, 6) is -1.28. The SMILES string of the molecule is COc1ccc(C(=O)NCCOc2ccc(F)c(F)c2)cc1. The summed E-state index contributed by atoms with van der Waals surface area (Å²) in [6.07, 6.45) is 0. The predicted molar refractivity (Wildman–Crippen MR) is 77.2 cm³/mol. The van der Waals surface area contributed by atoms with Gasteiger partial charge >= 0.3 is 0 Å². The second-order valence-corrected chi connectivity index (χ2v) is 4.41. The van der Waals surface area contributed by atoms with Crippen molar-refractivity contribution in [2.75, 3.05) is 20.3 Å². The third-order valence-electron chi connectivity index (χ3n) is 2.90. The highest BCUT2D eigenvalue weighted by atomic mass is 19.2. The molecule has 1 N–H and O–H groups in total. The fraction of sp³-hybridized carbons (Fsp3) is 0.188. The zero-order chi connectivity index (χ0) is 15.9. The number of methoxy groups -OCH3 is 1. The Balaban J connectivity index is 1.77. The molecule has 0 radical (unpaired) electrons. The number of benzene rings is 2. The van der Waals surface area contributed by atoms with Crippen LogP contribution in [0.5, 0.6) is 11.5 Å². The molecule has 0 saturated heterocycles. The molecule has 0 unspecified atom stereocenters. The van der Waals surface area contributed by atoms with E-state index in [4.69, 9.17) is 9.47 Å². The smallest absolute Gasteiger partial charge is 0.251 e. The summed E-state index contributed by atoms with van der Waals surface area (Å²) in [6.45, 7) is 0.386. The third-order valence-corrected chi connectivity index (χ3v) is 2.90. The number of nitrogens with one attached hydrogen (secondary N) is 1. The quantitative estimate of drug-likeness (QED) is 0.835. The lowest BCUT2D eigenvalue weighted by molar-refractivity contribution is 0.0947. The van der Waals surface area contributed by atoms with Crippen molar-refractivity contribution in [3.05, 3.63) is 59.7 Å². The van der Waals surface area contributed by atoms with E-state index < -0.39 is 11.6 Å². The van der Waals surface area contributed by atoms with E-state index in [0.717, 1.165) is 12.1 Å². The molecule has 0 fully saturated rings. The third kappa shape index (κ3) is 4.18. The minimum Gasteiger partial charge on any atom is -0.497 e. The molecule has 0 heterocycles. The second kappa shape index (κ2) is 7.40. The average molecular weight is 307 g/mol. The van der Waals surface area contributed by atoms with E-state index in [2.05, 4.69) is 5.32 Å². The molecule has 2 aromatic carbocycles. The van der Waals surface area contributed by atoms with E-state index in [-0.39, 0.29) is 24.8 Å². The van der Waals surface area contributed by atoms with Gasteiger partial charge in [-0.3, -0.25) is 4.79 Å². The molecule has 0 atom stereocenters. The lowest BCUT2D eigenvalue weighted by Crippen LogP contribution is -2.28. The number of carbonyl (C=O) groups excluding carboxylic acids is 1. The molecular weight excluding hydrogens is 292 g/mol. The van der Waals surface area contributed by atoms with Crippen molar-refractivity contribution in [3.8, 4) is 11.5 Å². The van der Waals surface area contributed by atoms with Crippen LogP contribution in [-0.4, -0.2) is 26.2 Å². The molecule has 0 aliphatic heterocycles. The maximum Gasteiger partial charge on any atom is 0.251 e. The van der Waals surface area contributed by atoms with Crippen LogP contribution in [0.1, 0.15) is 10.4 Å². The van der Waals surface area contributed by atoms with Crippen molar-refractivity contribution in [2.24, 2.45) is 0 Å². The number of halogens is 2. The Morgan fingerprint density at radius 2 is 1.73 bits per heavy atom. The Hall–Kier alpha value is -2.63. The molecule has 116 valence electrons. The van der Waals surface area contributed by atoms with Crippen LogP contribution in [0.3, 0.4) is 0 Å². The first kappa shape index (κ1) is 15.8. The van der Waals surface area contributed by atoms with Gasteiger partial charge in [0.05, 0.1) is 13.7 Å². The van der Waals surface area contributed by atoms with Crippen LogP contribution in [-0.2, 0) is 0 Å². The maximum absolute atomic E-state index is 13.0. The van der Waals surface area contributed by atoms with Crippen LogP contribution in [0.25, 0.3) is 0 Å². The first-order valence-electron chi connectivity index (χ1n) is 6.60. The van der Waals surface area contributed by atoms with Crippen molar-refractivity contribution in [1.29, 1.82) is 0 Å². The van der Waals surface area contributed by atoms with Crippen LogP contribution in [0, 0.1) is 11.6 Å². The first-order valence-corrected chi connectivity index (χ1v) is 6.60. The van der Waals surface area contributed by atoms with E-state index >= 15 is 0 Å². The highest BCUT2D eigenvalue weighted by Crippen LogP contribution is 2.15. The van der Waals surface area contributed by atoms with Crippen molar-refractivity contribution in [1.82, 2.24) is 5.32 Å². The summed E-state index contributed by atoms with van der Waals surface area (Å²) in [5.41, 5.74) is 0.494. The number of rotatable bonds is 6. The Morgan fingerprint density at radius 3 is 2.36 bits per heavy atom. The molecule has 2 aromatic rings. The maximum atomic E-state index is 13.0. The van der Waals surface area contributed by atoms with Crippen LogP contribution in [0.4, 0.5) is 8.78 Å². The minimum absolute atomic E-state index is 0.146. The van der Waals surface area contributed by atoms with Crippen LogP contribution >= 0.6 is 0 Å². The first-order chi connectivity index (χ1) is 10.6. The van der Waals surface area contributed by atoms with E-state index in [1.54, 1.807) is 31.4 Å². The Kier molecular flexibility index (Phi) is 5.30. The highest BCUT2D eigenvalue weighted by molar-refractivity contribution is 5.94. The minimum atomic E-state index is -0.972. The Bertz CT molecular complexity index is 644. The fourth-order valence-corrected chi connectivity index (χ4v) is 1.74. The Morgan fingerprint density at radius 1 is 1.05 bits per heavy atom. The Labute approximate surface area is 126 Å². The van der Waals surface area contributed by atoms with E-state index in [0.29, 0.717) is 11.3 Å². The topological polar surface area (TPSA) is 47.6 Å². The van der Waals surface area contributed by atoms with Gasteiger partial charge in [-0.15, -0.1) is 0 Å². The molecule has 2 rings (SSSR count). The van der Waals surface area contributed by atoms with Crippen LogP contribution in [0.2, 0.25) is 0 Å². The second-order valence-electron chi connectivity index (χ2n) is 4.41. The summed E-state index contributed by atoms with van der Waals surface area (Å²) >= 11 is 0. The molecule has 1 amide bonds. The molecule has 0 saturated carbocycles. The summed E-state index contributed by atoms with van der Waals surface area (Å²) in [5, 5.41) is 2.66. The van der Waals surface area contributed by atoms with E-state index in [1.807, 2.05) is 0 Å². The number of hydrogen-bond acceptors (Lipinski definition) is 3. The fourth-order valence-electron chi connectivity index (χ4n) is 1.74. The van der Waals surface area contributed by atoms with Gasteiger partial charge in [-0.2, -0.15) is 0 Å². The molecule has 4 nitrogen and oxygen atoms in total. The average Bonchev–Trinajstić information content (AvgIpc) is 2.54. The summed E-state index contributed by atoms with van der Waals surface area (Å²) < 4.78 is 35.9. The lowest BCUT2D eigenvalue weighted by Gasteiger charge is -2.08. The van der Waals surface area contributed by atoms with Crippen molar-refractivity contribution in [3.63, 3.8) is 0 Å². The normalized spacial score (nSPS) is 10.1. The molecule has 6 heteroatoms. The lowest BCUT2D eigenvalue weighted by atomic mass is 10.2. The molecule has 22 heavy (non-hydrogen) atoms. The molecule has 0 aliphatic carbocycles. The molecular formula is C16H15F2NO3. The van der Waals surface area contributed by atoms with Crippen LogP contribution in [0.15, 0.2) is 42.5 Å². The van der Waals surface area contributed by atoms with Gasteiger partial charge in [-0.05, 0) is 36.4 Å². The van der Waals surface area contributed by atoms with Gasteiger partial charge in [0.2, 0.25) is 0 Å². The van der Waals surface area contributed by atoms with Gasteiger partial charge in [0.15, 0.2) is 11.6 Å². The van der Waals surface area contributed by atoms with Gasteiger partial charge in [0, 0.05) is 11.6 Å². The number of carbonyl (C=O) groups is 1. The standard InChI is InChI=1S/C16H15F2NO3/c1-21-12-4-2-11(3-5-12)16(20)19-8-9-22-13-6-7-14(17)15(18)10-13/h2-7,10H,8-9H2,1H3,(H,19,20).